The number of hydrogen-bond donors (Lipinski definition) is 0. The second kappa shape index (κ2) is 2.47. The Bertz CT molecular complexity index is 278. The highest BCUT2D eigenvalue weighted by Gasteiger charge is 2.60. The van der Waals surface area contributed by atoms with Crippen molar-refractivity contribution in [2.45, 2.75) is 43.8 Å². The quantitative estimate of drug-likeness (QED) is 0.480. The van der Waals surface area contributed by atoms with E-state index in [0.717, 1.165) is 12.8 Å². The molecule has 14 heavy (non-hydrogen) atoms. The van der Waals surface area contributed by atoms with Gasteiger partial charge < -0.3 is 0 Å². The fraction of sp³-hybridized carbons (Fsp3) is 1.00. The SMILES string of the molecule is O=[N+]([O-])C1[C@@H]2CC3C[C@H]1CC(F)(C3)C2. The Labute approximate surface area is 81.8 Å². The Hall–Kier alpha value is -0.670. The molecule has 0 amide bonds. The van der Waals surface area contributed by atoms with Gasteiger partial charge in [0.2, 0.25) is 6.04 Å². The third-order valence-corrected chi connectivity index (χ3v) is 4.39. The van der Waals surface area contributed by atoms with Gasteiger partial charge in [0.1, 0.15) is 5.67 Å². The average Bonchev–Trinajstić information content (AvgIpc) is 1.97. The van der Waals surface area contributed by atoms with E-state index in [0.29, 0.717) is 25.2 Å². The predicted molar refractivity (Wildman–Crippen MR) is 48.2 cm³/mol. The van der Waals surface area contributed by atoms with Crippen LogP contribution in [0.5, 0.6) is 0 Å². The summed E-state index contributed by atoms with van der Waals surface area (Å²) in [5.41, 5.74) is -1.04. The third kappa shape index (κ3) is 1.03. The maximum Gasteiger partial charge on any atom is 0.218 e. The van der Waals surface area contributed by atoms with Gasteiger partial charge in [-0.3, -0.25) is 10.1 Å². The third-order valence-electron chi connectivity index (χ3n) is 4.39. The zero-order valence-corrected chi connectivity index (χ0v) is 7.99. The number of alkyl halides is 1. The Kier molecular flexibility index (Phi) is 1.52. The van der Waals surface area contributed by atoms with Crippen molar-refractivity contribution in [2.24, 2.45) is 17.8 Å². The molecule has 0 aliphatic heterocycles. The molecule has 4 rings (SSSR count). The van der Waals surface area contributed by atoms with Crippen LogP contribution in [0.3, 0.4) is 0 Å². The van der Waals surface area contributed by atoms with Crippen molar-refractivity contribution in [2.75, 3.05) is 0 Å². The maximum absolute atomic E-state index is 14.1. The number of nitrogens with zero attached hydrogens (tertiary/aromatic N) is 1. The van der Waals surface area contributed by atoms with Crippen LogP contribution in [0, 0.1) is 27.9 Å². The molecule has 4 fully saturated rings. The van der Waals surface area contributed by atoms with E-state index in [1.807, 2.05) is 0 Å². The summed E-state index contributed by atoms with van der Waals surface area (Å²) < 4.78 is 14.1. The average molecular weight is 199 g/mol. The zero-order valence-electron chi connectivity index (χ0n) is 7.99. The molecule has 3 nitrogen and oxygen atoms in total. The van der Waals surface area contributed by atoms with Crippen LogP contribution < -0.4 is 0 Å². The van der Waals surface area contributed by atoms with Crippen molar-refractivity contribution in [1.82, 2.24) is 0 Å². The van der Waals surface area contributed by atoms with E-state index >= 15 is 0 Å². The van der Waals surface area contributed by atoms with E-state index < -0.39 is 11.7 Å². The first-order chi connectivity index (χ1) is 6.57. The molecule has 78 valence electrons. The molecule has 0 N–H and O–H groups in total. The molecule has 5 atom stereocenters. The lowest BCUT2D eigenvalue weighted by atomic mass is 9.53. The molecule has 0 radical (unpaired) electrons. The van der Waals surface area contributed by atoms with Crippen LogP contribution in [-0.4, -0.2) is 16.6 Å². The highest BCUT2D eigenvalue weighted by molar-refractivity contribution is 5.06. The monoisotopic (exact) mass is 199 g/mol. The molecular formula is C10H14FNO2. The first-order valence-electron chi connectivity index (χ1n) is 5.40. The van der Waals surface area contributed by atoms with E-state index in [1.165, 1.54) is 0 Å². The van der Waals surface area contributed by atoms with Gasteiger partial charge in [0, 0.05) is 16.8 Å². The summed E-state index contributed by atoms with van der Waals surface area (Å²) in [5, 5.41) is 10.9. The largest absolute Gasteiger partial charge is 0.264 e. The van der Waals surface area contributed by atoms with Crippen molar-refractivity contribution >= 4 is 0 Å². The lowest BCUT2D eigenvalue weighted by Crippen LogP contribution is -2.57. The van der Waals surface area contributed by atoms with Crippen molar-refractivity contribution in [3.8, 4) is 0 Å². The standard InChI is InChI=1S/C10H14FNO2/c11-10-3-6-1-7(4-10)9(12(13)14)8(2-6)5-10/h6-9H,1-5H2/t6?,7-,8+,9?,10?. The van der Waals surface area contributed by atoms with Gasteiger partial charge in [-0.05, 0) is 38.0 Å². The Morgan fingerprint density at radius 1 is 1.21 bits per heavy atom. The Morgan fingerprint density at radius 3 is 2.21 bits per heavy atom. The number of rotatable bonds is 1. The van der Waals surface area contributed by atoms with Crippen LogP contribution >= 0.6 is 0 Å². The van der Waals surface area contributed by atoms with Crippen molar-refractivity contribution in [1.29, 1.82) is 0 Å². The molecule has 4 bridgehead atoms. The van der Waals surface area contributed by atoms with Gasteiger partial charge in [-0.15, -0.1) is 0 Å². The molecular weight excluding hydrogens is 185 g/mol. The molecule has 0 heterocycles. The molecule has 0 saturated heterocycles. The summed E-state index contributed by atoms with van der Waals surface area (Å²) in [6.45, 7) is 0. The van der Waals surface area contributed by atoms with Crippen LogP contribution in [0.15, 0.2) is 0 Å². The first-order valence-corrected chi connectivity index (χ1v) is 5.40. The molecule has 3 unspecified atom stereocenters. The summed E-state index contributed by atoms with van der Waals surface area (Å²) >= 11 is 0. The van der Waals surface area contributed by atoms with Crippen molar-refractivity contribution < 1.29 is 9.31 Å². The topological polar surface area (TPSA) is 43.1 Å². The zero-order chi connectivity index (χ0) is 9.92. The summed E-state index contributed by atoms with van der Waals surface area (Å²) in [7, 11) is 0. The number of halogens is 1. The summed E-state index contributed by atoms with van der Waals surface area (Å²) in [5.74, 6) is 0.496. The maximum atomic E-state index is 14.1. The lowest BCUT2D eigenvalue weighted by molar-refractivity contribution is -0.554. The number of hydrogen-bond acceptors (Lipinski definition) is 2. The predicted octanol–water partition coefficient (Wildman–Crippen LogP) is 2.18. The molecule has 4 heteroatoms. The Morgan fingerprint density at radius 2 is 1.79 bits per heavy atom. The highest BCUT2D eigenvalue weighted by Crippen LogP contribution is 2.57. The van der Waals surface area contributed by atoms with Crippen LogP contribution in [0.25, 0.3) is 0 Å². The van der Waals surface area contributed by atoms with Gasteiger partial charge in [0.15, 0.2) is 0 Å². The molecule has 4 saturated carbocycles. The molecule has 4 aliphatic carbocycles. The van der Waals surface area contributed by atoms with Crippen molar-refractivity contribution in [3.63, 3.8) is 0 Å². The first kappa shape index (κ1) is 8.62. The van der Waals surface area contributed by atoms with Crippen LogP contribution in [-0.2, 0) is 0 Å². The van der Waals surface area contributed by atoms with Gasteiger partial charge >= 0.3 is 0 Å². The normalized spacial score (nSPS) is 54.9. The van der Waals surface area contributed by atoms with Gasteiger partial charge in [0.25, 0.3) is 0 Å². The summed E-state index contributed by atoms with van der Waals surface area (Å²) in [6, 6.07) is -0.435. The van der Waals surface area contributed by atoms with E-state index in [1.54, 1.807) is 0 Å². The molecule has 0 aromatic heterocycles. The van der Waals surface area contributed by atoms with Crippen LogP contribution in [0.4, 0.5) is 4.39 Å². The molecule has 0 aromatic rings. The van der Waals surface area contributed by atoms with Gasteiger partial charge in [-0.2, -0.15) is 0 Å². The molecule has 0 aromatic carbocycles. The second-order valence-corrected chi connectivity index (χ2v) is 5.40. The van der Waals surface area contributed by atoms with Crippen LogP contribution in [0.2, 0.25) is 0 Å². The van der Waals surface area contributed by atoms with Gasteiger partial charge in [0.05, 0.1) is 0 Å². The second-order valence-electron chi connectivity index (χ2n) is 5.40. The van der Waals surface area contributed by atoms with E-state index in [2.05, 4.69) is 0 Å². The lowest BCUT2D eigenvalue weighted by Gasteiger charge is -2.53. The van der Waals surface area contributed by atoms with Crippen LogP contribution in [0.1, 0.15) is 32.1 Å². The summed E-state index contributed by atoms with van der Waals surface area (Å²) in [6.07, 6.45) is 3.36. The van der Waals surface area contributed by atoms with Gasteiger partial charge in [-0.1, -0.05) is 0 Å². The highest BCUT2D eigenvalue weighted by atomic mass is 19.1. The van der Waals surface area contributed by atoms with Crippen molar-refractivity contribution in [3.05, 3.63) is 10.1 Å². The minimum atomic E-state index is -1.04. The molecule has 0 spiro atoms. The summed E-state index contributed by atoms with van der Waals surface area (Å²) in [4.78, 5) is 10.7. The van der Waals surface area contributed by atoms with E-state index in [-0.39, 0.29) is 16.8 Å². The fourth-order valence-electron chi connectivity index (χ4n) is 4.24. The minimum absolute atomic E-state index is 0.0289. The van der Waals surface area contributed by atoms with E-state index in [9.17, 15) is 14.5 Å². The smallest absolute Gasteiger partial charge is 0.218 e. The number of nitro groups is 1. The fourth-order valence-corrected chi connectivity index (χ4v) is 4.24. The molecule has 4 aliphatic rings. The Balaban J connectivity index is 1.93. The van der Waals surface area contributed by atoms with E-state index in [4.69, 9.17) is 0 Å². The van der Waals surface area contributed by atoms with Gasteiger partial charge in [-0.25, -0.2) is 4.39 Å². The minimum Gasteiger partial charge on any atom is -0.264 e.